The fourth-order valence-electron chi connectivity index (χ4n) is 4.10. The van der Waals surface area contributed by atoms with E-state index in [2.05, 4.69) is 46.4 Å². The first-order valence-corrected chi connectivity index (χ1v) is 10.2. The van der Waals surface area contributed by atoms with E-state index in [1.54, 1.807) is 0 Å². The van der Waals surface area contributed by atoms with Crippen molar-refractivity contribution in [2.45, 2.75) is 0 Å². The van der Waals surface area contributed by atoms with E-state index in [4.69, 9.17) is 9.97 Å². The molecule has 0 saturated carbocycles. The average Bonchev–Trinajstić information content (AvgIpc) is 3.38. The summed E-state index contributed by atoms with van der Waals surface area (Å²) in [7, 11) is 0. The molecule has 0 bridgehead atoms. The summed E-state index contributed by atoms with van der Waals surface area (Å²) >= 11 is 0. The number of aromatic nitrogens is 4. The van der Waals surface area contributed by atoms with Crippen molar-refractivity contribution in [2.75, 3.05) is 0 Å². The molecule has 0 fully saturated rings. The topological polar surface area (TPSA) is 54.5 Å². The van der Waals surface area contributed by atoms with Gasteiger partial charge in [0.2, 0.25) is 0 Å². The molecule has 0 unspecified atom stereocenters. The van der Waals surface area contributed by atoms with E-state index in [-0.39, 0.29) is 0 Å². The van der Waals surface area contributed by atoms with Crippen LogP contribution in [0.3, 0.4) is 0 Å². The van der Waals surface area contributed by atoms with Crippen LogP contribution < -0.4 is 0 Å². The Morgan fingerprint density at radius 3 is 2.26 bits per heavy atom. The predicted molar refractivity (Wildman–Crippen MR) is 125 cm³/mol. The molecule has 0 spiro atoms. The second-order valence-corrected chi connectivity index (χ2v) is 7.42. The molecule has 1 N–H and O–H groups in total. The van der Waals surface area contributed by atoms with Crippen LogP contribution >= 0.6 is 0 Å². The van der Waals surface area contributed by atoms with Crippen LogP contribution in [0.5, 0.6) is 0 Å². The highest BCUT2D eigenvalue weighted by atomic mass is 14.8. The zero-order valence-electron chi connectivity index (χ0n) is 16.7. The Hall–Kier alpha value is -4.31. The summed E-state index contributed by atoms with van der Waals surface area (Å²) in [6, 6.07) is 30.7. The molecule has 0 saturated heterocycles. The number of rotatable bonds is 3. The Morgan fingerprint density at radius 2 is 1.42 bits per heavy atom. The van der Waals surface area contributed by atoms with Crippen molar-refractivity contribution in [3.63, 3.8) is 0 Å². The molecule has 146 valence electrons. The monoisotopic (exact) mass is 398 g/mol. The van der Waals surface area contributed by atoms with Gasteiger partial charge in [0.15, 0.2) is 0 Å². The van der Waals surface area contributed by atoms with Crippen molar-refractivity contribution in [3.05, 3.63) is 103 Å². The number of nitrogens with zero attached hydrogens (tertiary/aromatic N) is 3. The molecule has 0 aliphatic heterocycles. The van der Waals surface area contributed by atoms with E-state index in [0.717, 1.165) is 55.7 Å². The Morgan fingerprint density at radius 1 is 0.581 bits per heavy atom. The molecule has 0 atom stereocenters. The van der Waals surface area contributed by atoms with E-state index >= 15 is 0 Å². The first-order chi connectivity index (χ1) is 15.4. The van der Waals surface area contributed by atoms with Gasteiger partial charge in [0.05, 0.1) is 34.0 Å². The van der Waals surface area contributed by atoms with Crippen molar-refractivity contribution in [3.8, 4) is 34.0 Å². The third kappa shape index (κ3) is 2.97. The largest absolute Gasteiger partial charge is 0.360 e. The van der Waals surface area contributed by atoms with Crippen molar-refractivity contribution in [1.82, 2.24) is 19.9 Å². The van der Waals surface area contributed by atoms with E-state index in [1.165, 1.54) is 0 Å². The van der Waals surface area contributed by atoms with Crippen LogP contribution in [0.2, 0.25) is 0 Å². The number of hydrogen-bond donors (Lipinski definition) is 1. The number of hydrogen-bond acceptors (Lipinski definition) is 3. The number of H-pyrrole nitrogens is 1. The summed E-state index contributed by atoms with van der Waals surface area (Å²) in [6.07, 6.45) is 3.74. The minimum atomic E-state index is 0.857. The SMILES string of the molecule is c1ccc(-c2c(-c3ccc[nH]3)nc(-c3ccc4ccccc4n3)c3ccccc23)nc1. The van der Waals surface area contributed by atoms with Crippen LogP contribution in [0.1, 0.15) is 0 Å². The van der Waals surface area contributed by atoms with Gasteiger partial charge in [0.25, 0.3) is 0 Å². The van der Waals surface area contributed by atoms with E-state index in [1.807, 2.05) is 67.0 Å². The highest BCUT2D eigenvalue weighted by molar-refractivity contribution is 6.07. The third-order valence-electron chi connectivity index (χ3n) is 5.53. The quantitative estimate of drug-likeness (QED) is 0.370. The molecule has 6 rings (SSSR count). The van der Waals surface area contributed by atoms with E-state index in [0.29, 0.717) is 0 Å². The molecule has 0 amide bonds. The molecule has 4 heteroatoms. The van der Waals surface area contributed by atoms with Crippen molar-refractivity contribution in [1.29, 1.82) is 0 Å². The lowest BCUT2D eigenvalue weighted by Gasteiger charge is -2.15. The summed E-state index contributed by atoms with van der Waals surface area (Å²) in [6.45, 7) is 0. The fourth-order valence-corrected chi connectivity index (χ4v) is 4.10. The molecule has 2 aromatic carbocycles. The molecule has 0 aliphatic carbocycles. The lowest BCUT2D eigenvalue weighted by atomic mass is 9.96. The highest BCUT2D eigenvalue weighted by Gasteiger charge is 2.19. The average molecular weight is 398 g/mol. The summed E-state index contributed by atoms with van der Waals surface area (Å²) in [4.78, 5) is 18.1. The second-order valence-electron chi connectivity index (χ2n) is 7.42. The maximum absolute atomic E-state index is 5.16. The molecule has 4 aromatic heterocycles. The Labute approximate surface area is 179 Å². The van der Waals surface area contributed by atoms with Gasteiger partial charge in [-0.1, -0.05) is 54.6 Å². The molecule has 4 heterocycles. The normalized spacial score (nSPS) is 11.2. The number of benzene rings is 2. The van der Waals surface area contributed by atoms with Gasteiger partial charge < -0.3 is 4.98 Å². The van der Waals surface area contributed by atoms with Gasteiger partial charge in [-0.25, -0.2) is 9.97 Å². The van der Waals surface area contributed by atoms with E-state index < -0.39 is 0 Å². The number of aromatic amines is 1. The summed E-state index contributed by atoms with van der Waals surface area (Å²) in [5.41, 5.74) is 6.42. The molecule has 4 nitrogen and oxygen atoms in total. The number of nitrogens with one attached hydrogen (secondary N) is 1. The zero-order valence-corrected chi connectivity index (χ0v) is 16.7. The second kappa shape index (κ2) is 7.18. The third-order valence-corrected chi connectivity index (χ3v) is 5.53. The first-order valence-electron chi connectivity index (χ1n) is 10.2. The predicted octanol–water partition coefficient (Wildman–Crippen LogP) is 6.51. The van der Waals surface area contributed by atoms with Gasteiger partial charge in [-0.3, -0.25) is 4.98 Å². The lowest BCUT2D eigenvalue weighted by Crippen LogP contribution is -1.98. The van der Waals surface area contributed by atoms with Crippen LogP contribution in [0.15, 0.2) is 103 Å². The molecular weight excluding hydrogens is 380 g/mol. The van der Waals surface area contributed by atoms with Crippen LogP contribution in [0.25, 0.3) is 55.7 Å². The Bertz CT molecular complexity index is 1520. The van der Waals surface area contributed by atoms with Gasteiger partial charge in [0, 0.05) is 28.7 Å². The molecular formula is C27H18N4. The minimum Gasteiger partial charge on any atom is -0.360 e. The molecule has 0 radical (unpaired) electrons. The standard InChI is InChI=1S/C27H18N4/c1-4-11-21-18(8-1)14-15-24(30-21)26-20-10-3-2-9-19(20)25(22-12-5-6-16-28-22)27(31-26)23-13-7-17-29-23/h1-17,29H. The molecule has 0 aliphatic rings. The smallest absolute Gasteiger partial charge is 0.0973 e. The molecule has 31 heavy (non-hydrogen) atoms. The maximum atomic E-state index is 5.16. The van der Waals surface area contributed by atoms with Gasteiger partial charge in [0.1, 0.15) is 0 Å². The highest BCUT2D eigenvalue weighted by Crippen LogP contribution is 2.39. The number of fused-ring (bicyclic) bond motifs is 2. The summed E-state index contributed by atoms with van der Waals surface area (Å²) < 4.78 is 0. The number of para-hydroxylation sites is 1. The fraction of sp³-hybridized carbons (Fsp3) is 0. The first kappa shape index (κ1) is 17.5. The molecule has 6 aromatic rings. The van der Waals surface area contributed by atoms with Crippen molar-refractivity contribution >= 4 is 21.7 Å². The van der Waals surface area contributed by atoms with Crippen molar-refractivity contribution < 1.29 is 0 Å². The minimum absolute atomic E-state index is 0.857. The van der Waals surface area contributed by atoms with Crippen LogP contribution in [-0.4, -0.2) is 19.9 Å². The van der Waals surface area contributed by atoms with Gasteiger partial charge in [-0.2, -0.15) is 0 Å². The van der Waals surface area contributed by atoms with Gasteiger partial charge >= 0.3 is 0 Å². The Kier molecular flexibility index (Phi) is 4.06. The van der Waals surface area contributed by atoms with Crippen LogP contribution in [0, 0.1) is 0 Å². The van der Waals surface area contributed by atoms with Crippen LogP contribution in [-0.2, 0) is 0 Å². The summed E-state index contributed by atoms with van der Waals surface area (Å²) in [5, 5.41) is 3.28. The maximum Gasteiger partial charge on any atom is 0.0973 e. The lowest BCUT2D eigenvalue weighted by molar-refractivity contribution is 1.25. The zero-order chi connectivity index (χ0) is 20.6. The number of pyridine rings is 3. The van der Waals surface area contributed by atoms with Gasteiger partial charge in [-0.05, 0) is 41.8 Å². The van der Waals surface area contributed by atoms with Crippen LogP contribution in [0.4, 0.5) is 0 Å². The van der Waals surface area contributed by atoms with Crippen molar-refractivity contribution in [2.24, 2.45) is 0 Å². The van der Waals surface area contributed by atoms with Gasteiger partial charge in [-0.15, -0.1) is 0 Å². The van der Waals surface area contributed by atoms with E-state index in [9.17, 15) is 0 Å². The summed E-state index contributed by atoms with van der Waals surface area (Å²) in [5.74, 6) is 0. The Balaban J connectivity index is 1.72.